The first-order valence-corrected chi connectivity index (χ1v) is 9.54. The number of aromatic amines is 1. The van der Waals surface area contributed by atoms with Gasteiger partial charge in [0.15, 0.2) is 0 Å². The van der Waals surface area contributed by atoms with Crippen LogP contribution in [0.3, 0.4) is 0 Å². The molecule has 1 atom stereocenters. The summed E-state index contributed by atoms with van der Waals surface area (Å²) in [6.07, 6.45) is 4.15. The summed E-state index contributed by atoms with van der Waals surface area (Å²) in [6, 6.07) is 14.9. The van der Waals surface area contributed by atoms with E-state index in [0.29, 0.717) is 17.8 Å². The summed E-state index contributed by atoms with van der Waals surface area (Å²) in [5.74, 6) is -0.373. The van der Waals surface area contributed by atoms with Gasteiger partial charge in [-0.05, 0) is 36.6 Å². The lowest BCUT2D eigenvalue weighted by Crippen LogP contribution is -2.32. The topological polar surface area (TPSA) is 83.2 Å². The van der Waals surface area contributed by atoms with Gasteiger partial charge >= 0.3 is 0 Å². The predicted molar refractivity (Wildman–Crippen MR) is 108 cm³/mol. The highest BCUT2D eigenvalue weighted by atomic mass is 16.5. The van der Waals surface area contributed by atoms with Crippen LogP contribution in [-0.2, 0) is 16.0 Å². The Kier molecular flexibility index (Phi) is 5.39. The van der Waals surface area contributed by atoms with Crippen LogP contribution < -0.4 is 10.6 Å². The van der Waals surface area contributed by atoms with Crippen molar-refractivity contribution in [1.29, 1.82) is 0 Å². The van der Waals surface area contributed by atoms with Crippen LogP contribution in [0, 0.1) is 0 Å². The molecule has 1 aromatic heterocycles. The van der Waals surface area contributed by atoms with Crippen LogP contribution in [0.15, 0.2) is 54.7 Å². The van der Waals surface area contributed by atoms with E-state index >= 15 is 0 Å². The lowest BCUT2D eigenvalue weighted by atomic mass is 10.1. The van der Waals surface area contributed by atoms with Crippen molar-refractivity contribution in [3.05, 3.63) is 65.9 Å². The summed E-state index contributed by atoms with van der Waals surface area (Å²) in [5, 5.41) is 6.81. The fourth-order valence-electron chi connectivity index (χ4n) is 3.54. The van der Waals surface area contributed by atoms with Crippen molar-refractivity contribution in [3.8, 4) is 0 Å². The molecule has 6 nitrogen and oxygen atoms in total. The van der Waals surface area contributed by atoms with Gasteiger partial charge in [-0.2, -0.15) is 0 Å². The van der Waals surface area contributed by atoms with Crippen LogP contribution in [-0.4, -0.2) is 36.1 Å². The second-order valence-electron chi connectivity index (χ2n) is 6.98. The normalized spacial score (nSPS) is 16.2. The number of benzene rings is 2. The first-order valence-electron chi connectivity index (χ1n) is 9.54. The van der Waals surface area contributed by atoms with Crippen molar-refractivity contribution in [3.63, 3.8) is 0 Å². The number of anilines is 1. The molecule has 0 spiro atoms. The summed E-state index contributed by atoms with van der Waals surface area (Å²) < 4.78 is 5.54. The molecule has 1 saturated heterocycles. The summed E-state index contributed by atoms with van der Waals surface area (Å²) in [6.45, 7) is 1.23. The standard InChI is InChI=1S/C22H23N3O3/c26-21(12-15-13-23-19-9-3-1-7-17(15)19)25-20-10-4-2-8-18(20)22(27)24-14-16-6-5-11-28-16/h1-4,7-10,13,16,23H,5-6,11-12,14H2,(H,24,27)(H,25,26). The molecule has 0 radical (unpaired) electrons. The summed E-state index contributed by atoms with van der Waals surface area (Å²) in [4.78, 5) is 28.3. The molecule has 1 aliphatic heterocycles. The molecule has 0 aliphatic carbocycles. The van der Waals surface area contributed by atoms with Crippen molar-refractivity contribution in [1.82, 2.24) is 10.3 Å². The first-order chi connectivity index (χ1) is 13.7. The molecular weight excluding hydrogens is 354 g/mol. The Balaban J connectivity index is 1.42. The van der Waals surface area contributed by atoms with Gasteiger partial charge in [0.05, 0.1) is 23.8 Å². The predicted octanol–water partition coefficient (Wildman–Crippen LogP) is 3.26. The van der Waals surface area contributed by atoms with Crippen LogP contribution in [0.2, 0.25) is 0 Å². The van der Waals surface area contributed by atoms with Gasteiger partial charge in [-0.25, -0.2) is 0 Å². The summed E-state index contributed by atoms with van der Waals surface area (Å²) >= 11 is 0. The largest absolute Gasteiger partial charge is 0.376 e. The number of carbonyl (C=O) groups is 2. The second-order valence-corrected chi connectivity index (χ2v) is 6.98. The Morgan fingerprint density at radius 2 is 1.93 bits per heavy atom. The Bertz CT molecular complexity index is 989. The number of nitrogens with one attached hydrogen (secondary N) is 3. The number of H-pyrrole nitrogens is 1. The van der Waals surface area contributed by atoms with Gasteiger partial charge in [-0.15, -0.1) is 0 Å². The molecule has 1 unspecified atom stereocenters. The van der Waals surface area contributed by atoms with Gasteiger partial charge in [0, 0.05) is 30.3 Å². The number of fused-ring (bicyclic) bond motifs is 1. The van der Waals surface area contributed by atoms with E-state index in [1.807, 2.05) is 30.5 Å². The van der Waals surface area contributed by atoms with E-state index in [-0.39, 0.29) is 24.3 Å². The maximum atomic E-state index is 12.6. The molecule has 2 amide bonds. The molecule has 4 rings (SSSR count). The van der Waals surface area contributed by atoms with Crippen LogP contribution in [0.4, 0.5) is 5.69 Å². The fraction of sp³-hybridized carbons (Fsp3) is 0.273. The molecule has 1 aliphatic rings. The van der Waals surface area contributed by atoms with Gasteiger partial charge < -0.3 is 20.4 Å². The number of ether oxygens (including phenoxy) is 1. The van der Waals surface area contributed by atoms with E-state index in [9.17, 15) is 9.59 Å². The summed E-state index contributed by atoms with van der Waals surface area (Å²) in [5.41, 5.74) is 2.89. The number of aromatic nitrogens is 1. The monoisotopic (exact) mass is 377 g/mol. The Labute approximate surface area is 163 Å². The zero-order valence-electron chi connectivity index (χ0n) is 15.5. The average molecular weight is 377 g/mol. The third kappa shape index (κ3) is 4.07. The summed E-state index contributed by atoms with van der Waals surface area (Å²) in [7, 11) is 0. The molecule has 6 heteroatoms. The number of carbonyl (C=O) groups excluding carboxylic acids is 2. The Hall–Kier alpha value is -3.12. The fourth-order valence-corrected chi connectivity index (χ4v) is 3.54. The molecule has 3 N–H and O–H groups in total. The molecule has 28 heavy (non-hydrogen) atoms. The molecule has 0 bridgehead atoms. The minimum Gasteiger partial charge on any atom is -0.376 e. The van der Waals surface area contributed by atoms with E-state index in [1.165, 1.54) is 0 Å². The van der Waals surface area contributed by atoms with Crippen molar-refractivity contribution in [2.24, 2.45) is 0 Å². The van der Waals surface area contributed by atoms with Crippen LogP contribution >= 0.6 is 0 Å². The molecule has 2 aromatic carbocycles. The molecular formula is C22H23N3O3. The average Bonchev–Trinajstić information content (AvgIpc) is 3.37. The van der Waals surface area contributed by atoms with Crippen LogP contribution in [0.5, 0.6) is 0 Å². The van der Waals surface area contributed by atoms with Gasteiger partial charge in [-0.1, -0.05) is 30.3 Å². The first kappa shape index (κ1) is 18.3. The second kappa shape index (κ2) is 8.27. The number of amides is 2. The maximum absolute atomic E-state index is 12.6. The highest BCUT2D eigenvalue weighted by Crippen LogP contribution is 2.20. The zero-order valence-corrected chi connectivity index (χ0v) is 15.5. The van der Waals surface area contributed by atoms with Crippen molar-refractivity contribution in [2.45, 2.75) is 25.4 Å². The number of hydrogen-bond acceptors (Lipinski definition) is 3. The van der Waals surface area contributed by atoms with Gasteiger partial charge in [-0.3, -0.25) is 9.59 Å². The van der Waals surface area contributed by atoms with E-state index < -0.39 is 0 Å². The van der Waals surface area contributed by atoms with E-state index in [4.69, 9.17) is 4.74 Å². The van der Waals surface area contributed by atoms with Crippen molar-refractivity contribution in [2.75, 3.05) is 18.5 Å². The minimum absolute atomic E-state index is 0.0765. The lowest BCUT2D eigenvalue weighted by Gasteiger charge is -2.13. The maximum Gasteiger partial charge on any atom is 0.253 e. The van der Waals surface area contributed by atoms with E-state index in [1.54, 1.807) is 24.3 Å². The molecule has 1 fully saturated rings. The molecule has 3 aromatic rings. The van der Waals surface area contributed by atoms with Gasteiger partial charge in [0.25, 0.3) is 5.91 Å². The Morgan fingerprint density at radius 3 is 2.79 bits per heavy atom. The smallest absolute Gasteiger partial charge is 0.253 e. The van der Waals surface area contributed by atoms with Crippen LogP contribution in [0.1, 0.15) is 28.8 Å². The molecule has 2 heterocycles. The van der Waals surface area contributed by atoms with Crippen molar-refractivity contribution < 1.29 is 14.3 Å². The van der Waals surface area contributed by atoms with Gasteiger partial charge in [0.1, 0.15) is 0 Å². The quantitative estimate of drug-likeness (QED) is 0.617. The van der Waals surface area contributed by atoms with Gasteiger partial charge in [0.2, 0.25) is 5.91 Å². The number of rotatable bonds is 6. The Morgan fingerprint density at radius 1 is 1.11 bits per heavy atom. The molecule has 144 valence electrons. The zero-order chi connectivity index (χ0) is 19.3. The third-order valence-corrected chi connectivity index (χ3v) is 4.99. The van der Waals surface area contributed by atoms with E-state index in [2.05, 4.69) is 15.6 Å². The van der Waals surface area contributed by atoms with Crippen molar-refractivity contribution >= 4 is 28.4 Å². The van der Waals surface area contributed by atoms with E-state index in [0.717, 1.165) is 35.9 Å². The highest BCUT2D eigenvalue weighted by Gasteiger charge is 2.18. The number of para-hydroxylation sites is 2. The third-order valence-electron chi connectivity index (χ3n) is 4.99. The lowest BCUT2D eigenvalue weighted by molar-refractivity contribution is -0.115. The highest BCUT2D eigenvalue weighted by molar-refractivity contribution is 6.04. The SMILES string of the molecule is O=C(Cc1c[nH]c2ccccc12)Nc1ccccc1C(=O)NCC1CCCO1. The van der Waals surface area contributed by atoms with Crippen LogP contribution in [0.25, 0.3) is 10.9 Å². The number of hydrogen-bond donors (Lipinski definition) is 3. The minimum atomic E-state index is -0.210. The molecule has 0 saturated carbocycles.